The zero-order valence-electron chi connectivity index (χ0n) is 17.0. The average molecular weight is 381 g/mol. The van der Waals surface area contributed by atoms with Crippen molar-refractivity contribution in [2.45, 2.75) is 44.9 Å². The number of aromatic nitrogens is 1. The maximum atomic E-state index is 10.2. The molecule has 0 atom stereocenters. The Kier molecular flexibility index (Phi) is 4.36. The Morgan fingerprint density at radius 2 is 1.86 bits per heavy atom. The van der Waals surface area contributed by atoms with Crippen molar-refractivity contribution in [2.75, 3.05) is 0 Å². The number of nitriles is 1. The Bertz CT molecular complexity index is 1270. The van der Waals surface area contributed by atoms with Gasteiger partial charge in [0.15, 0.2) is 6.20 Å². The van der Waals surface area contributed by atoms with E-state index in [1.165, 1.54) is 37.7 Å². The maximum Gasteiger partial charge on any atom is 0.213 e. The third-order valence-corrected chi connectivity index (χ3v) is 6.48. The van der Waals surface area contributed by atoms with Crippen LogP contribution in [-0.2, 0) is 7.05 Å². The monoisotopic (exact) mass is 381 g/mol. The van der Waals surface area contributed by atoms with E-state index in [9.17, 15) is 5.26 Å². The van der Waals surface area contributed by atoms with Crippen LogP contribution in [0.1, 0.15) is 54.7 Å². The van der Waals surface area contributed by atoms with Crippen molar-refractivity contribution in [3.8, 4) is 17.3 Å². The van der Waals surface area contributed by atoms with E-state index in [1.807, 2.05) is 25.4 Å². The molecule has 0 amide bonds. The van der Waals surface area contributed by atoms with E-state index < -0.39 is 0 Å². The second-order valence-corrected chi connectivity index (χ2v) is 8.32. The lowest BCUT2D eigenvalue weighted by molar-refractivity contribution is -0.660. The second-order valence-electron chi connectivity index (χ2n) is 8.32. The number of rotatable bonds is 2. The fourth-order valence-corrected chi connectivity index (χ4v) is 5.00. The van der Waals surface area contributed by atoms with Crippen LogP contribution < -0.4 is 4.57 Å². The molecule has 0 saturated heterocycles. The van der Waals surface area contributed by atoms with Gasteiger partial charge in [-0.15, -0.1) is 0 Å². The van der Waals surface area contributed by atoms with E-state index in [2.05, 4.69) is 47.9 Å². The molecule has 3 heteroatoms. The highest BCUT2D eigenvalue weighted by Crippen LogP contribution is 2.40. The minimum absolute atomic E-state index is 0.625. The third kappa shape index (κ3) is 2.91. The van der Waals surface area contributed by atoms with Gasteiger partial charge in [0, 0.05) is 22.9 Å². The molecule has 1 saturated carbocycles. The minimum atomic E-state index is 0.625. The molecule has 0 unspecified atom stereocenters. The Morgan fingerprint density at radius 3 is 2.62 bits per heavy atom. The van der Waals surface area contributed by atoms with Gasteiger partial charge in [-0.2, -0.15) is 5.26 Å². The van der Waals surface area contributed by atoms with Gasteiger partial charge in [0.2, 0.25) is 5.69 Å². The van der Waals surface area contributed by atoms with Crippen LogP contribution in [0.3, 0.4) is 0 Å². The summed E-state index contributed by atoms with van der Waals surface area (Å²) in [5, 5.41) is 12.2. The lowest BCUT2D eigenvalue weighted by Gasteiger charge is -2.21. The van der Waals surface area contributed by atoms with Gasteiger partial charge in [-0.25, -0.2) is 4.57 Å². The molecule has 4 aromatic rings. The van der Waals surface area contributed by atoms with Crippen molar-refractivity contribution in [1.82, 2.24) is 0 Å². The molecule has 1 aliphatic carbocycles. The van der Waals surface area contributed by atoms with Crippen molar-refractivity contribution in [3.05, 3.63) is 65.4 Å². The van der Waals surface area contributed by atoms with E-state index in [4.69, 9.17) is 4.42 Å². The number of pyridine rings is 1. The molecule has 2 heterocycles. The first-order chi connectivity index (χ1) is 14.2. The topological polar surface area (TPSA) is 40.8 Å². The first-order valence-electron chi connectivity index (χ1n) is 10.5. The molecule has 144 valence electrons. The van der Waals surface area contributed by atoms with Crippen LogP contribution in [-0.4, -0.2) is 0 Å². The fraction of sp³-hybridized carbons (Fsp3) is 0.308. The van der Waals surface area contributed by atoms with Gasteiger partial charge in [0.1, 0.15) is 24.3 Å². The van der Waals surface area contributed by atoms with Gasteiger partial charge in [-0.05, 0) is 61.1 Å². The average Bonchev–Trinajstić information content (AvgIpc) is 3.11. The summed E-state index contributed by atoms with van der Waals surface area (Å²) in [6.45, 7) is 2.06. The van der Waals surface area contributed by atoms with Crippen LogP contribution in [0.2, 0.25) is 0 Å². The maximum absolute atomic E-state index is 10.2. The first-order valence-corrected chi connectivity index (χ1v) is 10.5. The highest BCUT2D eigenvalue weighted by atomic mass is 16.3. The zero-order chi connectivity index (χ0) is 20.0. The molecule has 0 spiro atoms. The first kappa shape index (κ1) is 17.9. The molecular weight excluding hydrogens is 356 g/mol. The predicted octanol–water partition coefficient (Wildman–Crippen LogP) is 6.31. The Balaban J connectivity index is 1.80. The summed E-state index contributed by atoms with van der Waals surface area (Å²) in [7, 11) is 2.02. The number of hydrogen-bond acceptors (Lipinski definition) is 2. The quantitative estimate of drug-likeness (QED) is 0.382. The van der Waals surface area contributed by atoms with Crippen LogP contribution in [0, 0.1) is 18.3 Å². The number of hydrogen-bond donors (Lipinski definition) is 0. The minimum Gasteiger partial charge on any atom is -0.456 e. The molecule has 0 aliphatic heterocycles. The van der Waals surface area contributed by atoms with Crippen LogP contribution in [0.5, 0.6) is 0 Å². The zero-order valence-corrected chi connectivity index (χ0v) is 17.0. The predicted molar refractivity (Wildman–Crippen MR) is 116 cm³/mol. The summed E-state index contributed by atoms with van der Waals surface area (Å²) >= 11 is 0. The van der Waals surface area contributed by atoms with Crippen LogP contribution in [0.4, 0.5) is 0 Å². The molecular formula is C26H25N2O+. The number of aryl methyl sites for hydroxylation is 2. The van der Waals surface area contributed by atoms with Crippen molar-refractivity contribution < 1.29 is 8.98 Å². The number of benzene rings is 2. The molecule has 0 bridgehead atoms. The molecule has 5 rings (SSSR count). The molecule has 1 fully saturated rings. The Morgan fingerprint density at radius 1 is 1.03 bits per heavy atom. The van der Waals surface area contributed by atoms with Crippen LogP contribution in [0.15, 0.2) is 53.1 Å². The van der Waals surface area contributed by atoms with Crippen LogP contribution >= 0.6 is 0 Å². The lowest BCUT2D eigenvalue weighted by atomic mass is 9.83. The SMILES string of the molecule is Cc1cc2oc3ccc(C4CCCCC4)cc3c2c(C#N)c1-c1cccc[n+]1C. The smallest absolute Gasteiger partial charge is 0.213 e. The standard InChI is InChI=1S/C26H25N2O/c1-17-14-24-26(21(16-27)25(17)22-10-6-7-13-28(22)2)20-15-19(11-12-23(20)29-24)18-8-4-3-5-9-18/h6-7,10-15,18H,3-5,8-9H2,1-2H3/q+1. The highest BCUT2D eigenvalue weighted by molar-refractivity contribution is 6.10. The van der Waals surface area contributed by atoms with Crippen molar-refractivity contribution in [2.24, 2.45) is 7.05 Å². The fourth-order valence-electron chi connectivity index (χ4n) is 5.00. The van der Waals surface area contributed by atoms with Gasteiger partial charge < -0.3 is 4.42 Å². The molecule has 0 N–H and O–H groups in total. The molecule has 2 aromatic heterocycles. The van der Waals surface area contributed by atoms with Gasteiger partial charge in [0.25, 0.3) is 0 Å². The Hall–Kier alpha value is -3.12. The summed E-state index contributed by atoms with van der Waals surface area (Å²) in [5.41, 5.74) is 6.86. The number of fused-ring (bicyclic) bond motifs is 3. The summed E-state index contributed by atoms with van der Waals surface area (Å²) in [6, 6.07) is 17.3. The van der Waals surface area contributed by atoms with Crippen molar-refractivity contribution in [1.29, 1.82) is 5.26 Å². The largest absolute Gasteiger partial charge is 0.456 e. The highest BCUT2D eigenvalue weighted by Gasteiger charge is 2.24. The van der Waals surface area contributed by atoms with Gasteiger partial charge >= 0.3 is 0 Å². The van der Waals surface area contributed by atoms with E-state index >= 15 is 0 Å². The summed E-state index contributed by atoms with van der Waals surface area (Å²) < 4.78 is 8.26. The summed E-state index contributed by atoms with van der Waals surface area (Å²) in [5.74, 6) is 0.625. The van der Waals surface area contributed by atoms with E-state index in [0.717, 1.165) is 38.8 Å². The van der Waals surface area contributed by atoms with Gasteiger partial charge in [-0.1, -0.05) is 25.3 Å². The van der Waals surface area contributed by atoms with Crippen molar-refractivity contribution >= 4 is 21.9 Å². The van der Waals surface area contributed by atoms with E-state index in [-0.39, 0.29) is 0 Å². The lowest BCUT2D eigenvalue weighted by Crippen LogP contribution is -2.30. The van der Waals surface area contributed by atoms with Gasteiger partial charge in [0.05, 0.1) is 11.1 Å². The summed E-state index contributed by atoms with van der Waals surface area (Å²) in [4.78, 5) is 0. The third-order valence-electron chi connectivity index (χ3n) is 6.48. The Labute approximate surface area is 171 Å². The molecule has 2 aromatic carbocycles. The molecule has 3 nitrogen and oxygen atoms in total. The van der Waals surface area contributed by atoms with Crippen LogP contribution in [0.25, 0.3) is 33.2 Å². The van der Waals surface area contributed by atoms with E-state index in [0.29, 0.717) is 11.5 Å². The van der Waals surface area contributed by atoms with Gasteiger partial charge in [-0.3, -0.25) is 0 Å². The normalized spacial score (nSPS) is 15.1. The number of nitrogens with zero attached hydrogens (tertiary/aromatic N) is 2. The molecule has 29 heavy (non-hydrogen) atoms. The second kappa shape index (κ2) is 7.04. The molecule has 1 aliphatic rings. The summed E-state index contributed by atoms with van der Waals surface area (Å²) in [6.07, 6.45) is 8.52. The van der Waals surface area contributed by atoms with E-state index in [1.54, 1.807) is 0 Å². The molecule has 0 radical (unpaired) electrons. The number of furan rings is 1. The van der Waals surface area contributed by atoms with Crippen molar-refractivity contribution in [3.63, 3.8) is 0 Å².